The van der Waals surface area contributed by atoms with Crippen LogP contribution in [0, 0.1) is 0 Å². The van der Waals surface area contributed by atoms with Gasteiger partial charge in [0.1, 0.15) is 0 Å². The molecule has 1 rings (SSSR count). The van der Waals surface area contributed by atoms with E-state index in [0.717, 1.165) is 19.2 Å². The van der Waals surface area contributed by atoms with Crippen LogP contribution in [0.1, 0.15) is 32.6 Å². The summed E-state index contributed by atoms with van der Waals surface area (Å²) in [4.78, 5) is 4.58. The smallest absolute Gasteiger partial charge is 0.0589 e. The largest absolute Gasteiger partial charge is 0.383 e. The van der Waals surface area contributed by atoms with Crippen molar-refractivity contribution in [2.24, 2.45) is 0 Å². The van der Waals surface area contributed by atoms with Gasteiger partial charge >= 0.3 is 0 Å². The first kappa shape index (κ1) is 15.9. The first-order valence-corrected chi connectivity index (χ1v) is 6.45. The topological polar surface area (TPSA) is 15.7 Å². The van der Waals surface area contributed by atoms with E-state index in [2.05, 4.69) is 23.8 Å². The molecule has 16 heavy (non-hydrogen) atoms. The second kappa shape index (κ2) is 10.1. The Bertz CT molecular complexity index is 151. The standard InChI is InChI=1S/C8H17N.C5H13NO/c1-3-5-8-6-4-7-9(8)2;1-6(2)4-5-7-3/h8H,3-7H2,1-2H3;4-5H2,1-3H3. The predicted molar refractivity (Wildman–Crippen MR) is 71.0 cm³/mol. The molecule has 0 radical (unpaired) electrons. The molecular weight excluding hydrogens is 200 g/mol. The third kappa shape index (κ3) is 8.08. The molecular formula is C13H30N2O. The highest BCUT2D eigenvalue weighted by Crippen LogP contribution is 2.18. The van der Waals surface area contributed by atoms with E-state index in [1.165, 1.54) is 32.2 Å². The van der Waals surface area contributed by atoms with Gasteiger partial charge in [0.2, 0.25) is 0 Å². The summed E-state index contributed by atoms with van der Waals surface area (Å²) in [6.07, 6.45) is 5.59. The lowest BCUT2D eigenvalue weighted by Gasteiger charge is -2.17. The summed E-state index contributed by atoms with van der Waals surface area (Å²) in [5, 5.41) is 0. The third-order valence-electron chi connectivity index (χ3n) is 3.04. The van der Waals surface area contributed by atoms with Crippen LogP contribution in [0.4, 0.5) is 0 Å². The van der Waals surface area contributed by atoms with Gasteiger partial charge in [0.25, 0.3) is 0 Å². The van der Waals surface area contributed by atoms with Gasteiger partial charge in [0.05, 0.1) is 6.61 Å². The molecule has 0 spiro atoms. The molecule has 0 aromatic heterocycles. The van der Waals surface area contributed by atoms with Crippen LogP contribution >= 0.6 is 0 Å². The molecule has 1 aliphatic rings. The lowest BCUT2D eigenvalue weighted by atomic mass is 10.1. The van der Waals surface area contributed by atoms with Crippen LogP contribution in [0.15, 0.2) is 0 Å². The maximum Gasteiger partial charge on any atom is 0.0589 e. The van der Waals surface area contributed by atoms with Crippen LogP contribution in [-0.4, -0.2) is 63.8 Å². The van der Waals surface area contributed by atoms with Crippen molar-refractivity contribution >= 4 is 0 Å². The van der Waals surface area contributed by atoms with Crippen molar-refractivity contribution in [2.45, 2.75) is 38.6 Å². The molecule has 0 N–H and O–H groups in total. The van der Waals surface area contributed by atoms with Gasteiger partial charge in [-0.15, -0.1) is 0 Å². The van der Waals surface area contributed by atoms with Crippen LogP contribution in [0.5, 0.6) is 0 Å². The SMILES string of the molecule is CCCC1CCCN1C.COCCN(C)C. The van der Waals surface area contributed by atoms with E-state index in [0.29, 0.717) is 0 Å². The quantitative estimate of drug-likeness (QED) is 0.719. The summed E-state index contributed by atoms with van der Waals surface area (Å²) < 4.78 is 4.81. The Kier molecular flexibility index (Phi) is 9.99. The molecule has 3 nitrogen and oxygen atoms in total. The first-order chi connectivity index (χ1) is 7.61. The molecule has 1 fully saturated rings. The van der Waals surface area contributed by atoms with Crippen molar-refractivity contribution < 1.29 is 4.74 Å². The summed E-state index contributed by atoms with van der Waals surface area (Å²) in [6.45, 7) is 5.43. The van der Waals surface area contributed by atoms with Gasteiger partial charge in [-0.25, -0.2) is 0 Å². The van der Waals surface area contributed by atoms with Crippen molar-refractivity contribution in [3.05, 3.63) is 0 Å². The second-order valence-electron chi connectivity index (χ2n) is 4.86. The number of hydrogen-bond donors (Lipinski definition) is 0. The molecule has 0 aliphatic carbocycles. The van der Waals surface area contributed by atoms with Crippen molar-refractivity contribution in [3.8, 4) is 0 Å². The van der Waals surface area contributed by atoms with Gasteiger partial charge < -0.3 is 14.5 Å². The van der Waals surface area contributed by atoms with Crippen molar-refractivity contribution in [1.82, 2.24) is 9.80 Å². The first-order valence-electron chi connectivity index (χ1n) is 6.45. The molecule has 0 aromatic rings. The Labute approximate surface area is 102 Å². The Morgan fingerprint density at radius 1 is 1.38 bits per heavy atom. The Hall–Kier alpha value is -0.120. The Morgan fingerprint density at radius 2 is 2.06 bits per heavy atom. The van der Waals surface area contributed by atoms with E-state index in [9.17, 15) is 0 Å². The van der Waals surface area contributed by atoms with Gasteiger partial charge in [0, 0.05) is 19.7 Å². The zero-order valence-electron chi connectivity index (χ0n) is 11.8. The number of ether oxygens (including phenoxy) is 1. The molecule has 1 heterocycles. The number of hydrogen-bond acceptors (Lipinski definition) is 3. The van der Waals surface area contributed by atoms with Gasteiger partial charge in [-0.1, -0.05) is 13.3 Å². The molecule has 0 aromatic carbocycles. The van der Waals surface area contributed by atoms with E-state index in [-0.39, 0.29) is 0 Å². The minimum absolute atomic E-state index is 0.826. The van der Waals surface area contributed by atoms with Crippen LogP contribution in [0.3, 0.4) is 0 Å². The van der Waals surface area contributed by atoms with E-state index in [1.807, 2.05) is 14.1 Å². The number of likely N-dealkylation sites (N-methyl/N-ethyl adjacent to an activating group) is 1. The fourth-order valence-corrected chi connectivity index (χ4v) is 1.95. The summed E-state index contributed by atoms with van der Waals surface area (Å²) in [5.41, 5.74) is 0. The molecule has 98 valence electrons. The van der Waals surface area contributed by atoms with Crippen LogP contribution in [-0.2, 0) is 4.74 Å². The molecule has 1 atom stereocenters. The lowest BCUT2D eigenvalue weighted by Crippen LogP contribution is -2.24. The average Bonchev–Trinajstić information content (AvgIpc) is 2.63. The number of rotatable bonds is 5. The predicted octanol–water partition coefficient (Wildman–Crippen LogP) is 2.08. The van der Waals surface area contributed by atoms with E-state index in [4.69, 9.17) is 4.74 Å². The molecule has 1 unspecified atom stereocenters. The maximum absolute atomic E-state index is 4.81. The number of nitrogens with zero attached hydrogens (tertiary/aromatic N) is 2. The van der Waals surface area contributed by atoms with Gasteiger partial charge in [-0.2, -0.15) is 0 Å². The number of methoxy groups -OCH3 is 1. The van der Waals surface area contributed by atoms with Crippen molar-refractivity contribution in [3.63, 3.8) is 0 Å². The minimum Gasteiger partial charge on any atom is -0.383 e. The lowest BCUT2D eigenvalue weighted by molar-refractivity contribution is 0.172. The van der Waals surface area contributed by atoms with Crippen LogP contribution in [0.2, 0.25) is 0 Å². The molecule has 0 bridgehead atoms. The number of likely N-dealkylation sites (tertiary alicyclic amines) is 1. The fourth-order valence-electron chi connectivity index (χ4n) is 1.95. The molecule has 1 saturated heterocycles. The fraction of sp³-hybridized carbons (Fsp3) is 1.00. The Balaban J connectivity index is 0.000000293. The molecule has 0 amide bonds. The zero-order chi connectivity index (χ0) is 12.4. The molecule has 3 heteroatoms. The van der Waals surface area contributed by atoms with Gasteiger partial charge in [-0.3, -0.25) is 0 Å². The summed E-state index contributed by atoms with van der Waals surface area (Å²) in [7, 11) is 8.01. The third-order valence-corrected chi connectivity index (χ3v) is 3.04. The maximum atomic E-state index is 4.81. The molecule has 0 saturated carbocycles. The summed E-state index contributed by atoms with van der Waals surface area (Å²) in [6, 6.07) is 0.912. The second-order valence-corrected chi connectivity index (χ2v) is 4.86. The van der Waals surface area contributed by atoms with Crippen molar-refractivity contribution in [1.29, 1.82) is 0 Å². The van der Waals surface area contributed by atoms with Crippen LogP contribution in [0.25, 0.3) is 0 Å². The highest BCUT2D eigenvalue weighted by molar-refractivity contribution is 4.75. The highest BCUT2D eigenvalue weighted by atomic mass is 16.5. The molecule has 1 aliphatic heterocycles. The summed E-state index contributed by atoms with van der Waals surface area (Å²) in [5.74, 6) is 0. The van der Waals surface area contributed by atoms with E-state index in [1.54, 1.807) is 7.11 Å². The van der Waals surface area contributed by atoms with Crippen LogP contribution < -0.4 is 0 Å². The monoisotopic (exact) mass is 230 g/mol. The zero-order valence-corrected chi connectivity index (χ0v) is 11.8. The van der Waals surface area contributed by atoms with Gasteiger partial charge in [0.15, 0.2) is 0 Å². The normalized spacial score (nSPS) is 21.0. The van der Waals surface area contributed by atoms with Gasteiger partial charge in [-0.05, 0) is 47.0 Å². The average molecular weight is 230 g/mol. The van der Waals surface area contributed by atoms with Crippen molar-refractivity contribution in [2.75, 3.05) is 47.9 Å². The highest BCUT2D eigenvalue weighted by Gasteiger charge is 2.18. The van der Waals surface area contributed by atoms with E-state index >= 15 is 0 Å². The van der Waals surface area contributed by atoms with E-state index < -0.39 is 0 Å². The minimum atomic E-state index is 0.826. The Morgan fingerprint density at radius 3 is 2.38 bits per heavy atom. The summed E-state index contributed by atoms with van der Waals surface area (Å²) >= 11 is 0.